The highest BCUT2D eigenvalue weighted by Gasteiger charge is 2.33. The molecular weight excluding hydrogens is 386 g/mol. The summed E-state index contributed by atoms with van der Waals surface area (Å²) in [6, 6.07) is 14.9. The number of benzene rings is 2. The number of ether oxygens (including phenoxy) is 1. The minimum atomic E-state index is -0.584. The van der Waals surface area contributed by atoms with Crippen LogP contribution in [0.25, 0.3) is 4.96 Å². The lowest BCUT2D eigenvalue weighted by molar-refractivity contribution is -0.116. The van der Waals surface area contributed by atoms with E-state index in [1.54, 1.807) is 6.92 Å². The van der Waals surface area contributed by atoms with Crippen LogP contribution < -0.4 is 15.6 Å². The van der Waals surface area contributed by atoms with E-state index in [0.717, 1.165) is 16.8 Å². The fourth-order valence-electron chi connectivity index (χ4n) is 3.72. The summed E-state index contributed by atoms with van der Waals surface area (Å²) in [5, 5.41) is 4.73. The van der Waals surface area contributed by atoms with Gasteiger partial charge in [-0.05, 0) is 26.0 Å². The number of carbonyl (C=O) groups excluding carboxylic acids is 1. The van der Waals surface area contributed by atoms with Crippen LogP contribution in [0.4, 0.5) is 5.69 Å². The smallest absolute Gasteiger partial charge is 0.282 e. The van der Waals surface area contributed by atoms with E-state index in [1.807, 2.05) is 60.8 Å². The summed E-state index contributed by atoms with van der Waals surface area (Å²) in [5.74, 6) is 0.409. The number of hydrogen-bond donors (Lipinski definition) is 1. The second-order valence-electron chi connectivity index (χ2n) is 6.97. The summed E-state index contributed by atoms with van der Waals surface area (Å²) in [6.07, 6.45) is 0. The monoisotopic (exact) mass is 403 g/mol. The zero-order chi connectivity index (χ0) is 20.1. The Bertz CT molecular complexity index is 1290. The van der Waals surface area contributed by atoms with E-state index in [2.05, 4.69) is 10.3 Å². The van der Waals surface area contributed by atoms with Crippen LogP contribution in [0.3, 0.4) is 0 Å². The number of amides is 1. The Morgan fingerprint density at radius 1 is 1.07 bits per heavy atom. The molecule has 7 heteroatoms. The third-order valence-corrected chi connectivity index (χ3v) is 6.05. The summed E-state index contributed by atoms with van der Waals surface area (Å²) in [6.45, 7) is 3.58. The predicted octanol–water partition coefficient (Wildman–Crippen LogP) is 4.25. The highest BCUT2D eigenvalue weighted by Crippen LogP contribution is 2.44. The van der Waals surface area contributed by atoms with Crippen molar-refractivity contribution in [2.45, 2.75) is 19.8 Å². The number of thiazole rings is 1. The van der Waals surface area contributed by atoms with Gasteiger partial charge in [0.15, 0.2) is 4.96 Å². The molecule has 1 aliphatic rings. The van der Waals surface area contributed by atoms with Gasteiger partial charge in [-0.25, -0.2) is 4.98 Å². The van der Waals surface area contributed by atoms with Crippen molar-refractivity contribution in [3.63, 3.8) is 0 Å². The molecule has 2 aromatic heterocycles. The maximum Gasteiger partial charge on any atom is 0.282 e. The quantitative estimate of drug-likeness (QED) is 0.543. The summed E-state index contributed by atoms with van der Waals surface area (Å²) in [7, 11) is 0. The van der Waals surface area contributed by atoms with Crippen LogP contribution in [0.1, 0.15) is 28.4 Å². The van der Waals surface area contributed by atoms with Crippen LogP contribution in [-0.4, -0.2) is 15.3 Å². The van der Waals surface area contributed by atoms with Crippen LogP contribution in [0.5, 0.6) is 11.5 Å². The van der Waals surface area contributed by atoms with E-state index in [0.29, 0.717) is 22.2 Å². The minimum Gasteiger partial charge on any atom is -0.457 e. The molecule has 0 atom stereocenters. The number of fused-ring (bicyclic) bond motifs is 3. The van der Waals surface area contributed by atoms with Crippen LogP contribution in [0, 0.1) is 13.8 Å². The lowest BCUT2D eigenvalue weighted by atomic mass is 9.87. The third-order valence-electron chi connectivity index (χ3n) is 5.11. The Morgan fingerprint density at radius 3 is 2.34 bits per heavy atom. The molecule has 0 unspecified atom stereocenters. The molecule has 29 heavy (non-hydrogen) atoms. The average Bonchev–Trinajstić information content (AvgIpc) is 3.09. The van der Waals surface area contributed by atoms with Gasteiger partial charge in [-0.15, -0.1) is 11.3 Å². The molecule has 5 rings (SSSR count). The molecule has 2 aromatic carbocycles. The molecular formula is C22H17N3O3S. The normalized spacial score (nSPS) is 12.9. The summed E-state index contributed by atoms with van der Waals surface area (Å²) >= 11 is 1.40. The number of rotatable bonds is 2. The van der Waals surface area contributed by atoms with Crippen LogP contribution >= 0.6 is 11.3 Å². The first-order valence-corrected chi connectivity index (χ1v) is 10.1. The number of carbonyl (C=O) groups is 1. The first-order valence-electron chi connectivity index (χ1n) is 9.18. The van der Waals surface area contributed by atoms with Gasteiger partial charge in [0.1, 0.15) is 17.2 Å². The Morgan fingerprint density at radius 2 is 1.69 bits per heavy atom. The van der Waals surface area contributed by atoms with Crippen LogP contribution in [0.15, 0.2) is 58.7 Å². The van der Waals surface area contributed by atoms with E-state index >= 15 is 0 Å². The van der Waals surface area contributed by atoms with Crippen LogP contribution in [-0.2, 0) is 4.79 Å². The molecule has 1 amide bonds. The van der Waals surface area contributed by atoms with Crippen molar-refractivity contribution in [2.75, 3.05) is 5.32 Å². The summed E-state index contributed by atoms with van der Waals surface area (Å²) < 4.78 is 7.49. The molecule has 0 fully saturated rings. The van der Waals surface area contributed by atoms with Gasteiger partial charge in [0, 0.05) is 22.2 Å². The first kappa shape index (κ1) is 17.6. The Kier molecular flexibility index (Phi) is 3.99. The minimum absolute atomic E-state index is 0.204. The van der Waals surface area contributed by atoms with Gasteiger partial charge < -0.3 is 10.1 Å². The Hall–Kier alpha value is -3.45. The topological polar surface area (TPSA) is 72.7 Å². The second kappa shape index (κ2) is 6.56. The van der Waals surface area contributed by atoms with Crippen molar-refractivity contribution in [3.8, 4) is 11.5 Å². The van der Waals surface area contributed by atoms with E-state index in [-0.39, 0.29) is 17.2 Å². The van der Waals surface area contributed by atoms with Crippen molar-refractivity contribution in [3.05, 3.63) is 86.8 Å². The molecule has 0 spiro atoms. The third kappa shape index (κ3) is 2.74. The van der Waals surface area contributed by atoms with Gasteiger partial charge in [0.25, 0.3) is 5.56 Å². The van der Waals surface area contributed by atoms with Crippen molar-refractivity contribution < 1.29 is 9.53 Å². The Balaban J connectivity index is 1.62. The van der Waals surface area contributed by atoms with E-state index < -0.39 is 5.92 Å². The van der Waals surface area contributed by atoms with Crippen molar-refractivity contribution in [1.29, 1.82) is 0 Å². The molecule has 0 radical (unpaired) electrons. The SMILES string of the molecule is Cc1nc2scc(C)n2c(=O)c1NC(=O)C1c2ccccc2Oc2ccccc21. The van der Waals surface area contributed by atoms with Crippen molar-refractivity contribution in [1.82, 2.24) is 9.38 Å². The molecule has 0 saturated carbocycles. The summed E-state index contributed by atoms with van der Waals surface area (Å²) in [4.78, 5) is 31.5. The van der Waals surface area contributed by atoms with Crippen LogP contribution in [0.2, 0.25) is 0 Å². The molecule has 4 aromatic rings. The van der Waals surface area contributed by atoms with Crippen molar-refractivity contribution >= 4 is 27.9 Å². The number of hydrogen-bond acceptors (Lipinski definition) is 5. The van der Waals surface area contributed by atoms with Gasteiger partial charge in [-0.1, -0.05) is 36.4 Å². The molecule has 0 bridgehead atoms. The van der Waals surface area contributed by atoms with Gasteiger partial charge in [0.05, 0.1) is 11.6 Å². The van der Waals surface area contributed by atoms with E-state index in [1.165, 1.54) is 15.7 Å². The number of nitrogens with zero attached hydrogens (tertiary/aromatic N) is 2. The highest BCUT2D eigenvalue weighted by atomic mass is 32.1. The predicted molar refractivity (Wildman–Crippen MR) is 112 cm³/mol. The van der Waals surface area contributed by atoms with E-state index in [4.69, 9.17) is 4.74 Å². The summed E-state index contributed by atoms with van der Waals surface area (Å²) in [5.41, 5.74) is 2.76. The number of aromatic nitrogens is 2. The van der Waals surface area contributed by atoms with Gasteiger partial charge in [-0.3, -0.25) is 14.0 Å². The zero-order valence-corrected chi connectivity index (χ0v) is 16.6. The zero-order valence-electron chi connectivity index (χ0n) is 15.8. The fourth-order valence-corrected chi connectivity index (χ4v) is 4.62. The molecule has 0 saturated heterocycles. The second-order valence-corrected chi connectivity index (χ2v) is 7.81. The van der Waals surface area contributed by atoms with Gasteiger partial charge >= 0.3 is 0 Å². The lowest BCUT2D eigenvalue weighted by Crippen LogP contribution is -2.30. The fraction of sp³-hybridized carbons (Fsp3) is 0.136. The van der Waals surface area contributed by atoms with Gasteiger partial charge in [0.2, 0.25) is 5.91 Å². The first-order chi connectivity index (χ1) is 14.0. The largest absolute Gasteiger partial charge is 0.457 e. The average molecular weight is 403 g/mol. The standard InChI is InChI=1S/C22H17N3O3S/c1-12-11-29-22-23-13(2)19(21(27)25(12)22)24-20(26)18-14-7-3-5-9-16(14)28-17-10-6-4-8-15(17)18/h3-11,18H,1-2H3,(H,24,26). The van der Waals surface area contributed by atoms with E-state index in [9.17, 15) is 9.59 Å². The molecule has 144 valence electrons. The highest BCUT2D eigenvalue weighted by molar-refractivity contribution is 7.15. The molecule has 1 N–H and O–H groups in total. The number of para-hydroxylation sites is 2. The molecule has 0 aliphatic carbocycles. The number of anilines is 1. The molecule has 1 aliphatic heterocycles. The van der Waals surface area contributed by atoms with Crippen molar-refractivity contribution in [2.24, 2.45) is 0 Å². The number of nitrogens with one attached hydrogen (secondary N) is 1. The molecule has 3 heterocycles. The maximum absolute atomic E-state index is 13.4. The number of aryl methyl sites for hydroxylation is 2. The molecule has 6 nitrogen and oxygen atoms in total. The van der Waals surface area contributed by atoms with Gasteiger partial charge in [-0.2, -0.15) is 0 Å². The Labute approximate surface area is 170 Å². The maximum atomic E-state index is 13.4. The lowest BCUT2D eigenvalue weighted by Gasteiger charge is -2.27.